The van der Waals surface area contributed by atoms with E-state index in [1.165, 1.54) is 0 Å². The zero-order chi connectivity index (χ0) is 22.4. The molecule has 0 atom stereocenters. The van der Waals surface area contributed by atoms with E-state index in [0.717, 1.165) is 38.4 Å². The Labute approximate surface area is 187 Å². The number of hydrogen-bond acceptors (Lipinski definition) is 5. The summed E-state index contributed by atoms with van der Waals surface area (Å²) < 4.78 is 7.47. The summed E-state index contributed by atoms with van der Waals surface area (Å²) in [6.45, 7) is 0.224. The second kappa shape index (κ2) is 7.56. The molecular formula is C26H18N4O3. The van der Waals surface area contributed by atoms with Gasteiger partial charge in [-0.15, -0.1) is 0 Å². The van der Waals surface area contributed by atoms with E-state index in [2.05, 4.69) is 15.3 Å². The molecule has 7 nitrogen and oxygen atoms in total. The minimum Gasteiger partial charge on any atom is -0.484 e. The van der Waals surface area contributed by atoms with E-state index in [1.54, 1.807) is 22.9 Å². The third-order valence-electron chi connectivity index (χ3n) is 5.83. The Balaban J connectivity index is 1.36. The second-order valence-corrected chi connectivity index (χ2v) is 7.81. The largest absolute Gasteiger partial charge is 0.484 e. The van der Waals surface area contributed by atoms with E-state index in [4.69, 9.17) is 4.74 Å². The number of hydrogen-bond donors (Lipinski definition) is 1. The lowest BCUT2D eigenvalue weighted by atomic mass is 10.1. The molecule has 0 fully saturated rings. The molecular weight excluding hydrogens is 416 g/mol. The van der Waals surface area contributed by atoms with Gasteiger partial charge in [-0.3, -0.25) is 24.0 Å². The molecule has 33 heavy (non-hydrogen) atoms. The second-order valence-electron chi connectivity index (χ2n) is 7.81. The minimum absolute atomic E-state index is 0.0753. The van der Waals surface area contributed by atoms with Crippen LogP contribution in [-0.4, -0.2) is 26.9 Å². The van der Waals surface area contributed by atoms with Crippen molar-refractivity contribution in [1.29, 1.82) is 0 Å². The fourth-order valence-electron chi connectivity index (χ4n) is 4.33. The van der Waals surface area contributed by atoms with Gasteiger partial charge in [-0.05, 0) is 42.5 Å². The van der Waals surface area contributed by atoms with Gasteiger partial charge in [0.05, 0.1) is 28.8 Å². The molecule has 0 radical (unpaired) electrons. The molecule has 0 aliphatic carbocycles. The van der Waals surface area contributed by atoms with Crippen LogP contribution in [-0.2, 0) is 11.3 Å². The Morgan fingerprint density at radius 1 is 0.879 bits per heavy atom. The highest BCUT2D eigenvalue weighted by Gasteiger charge is 2.18. The molecule has 0 saturated carbocycles. The number of aromatic nitrogens is 3. The number of rotatable bonds is 5. The molecule has 7 heteroatoms. The summed E-state index contributed by atoms with van der Waals surface area (Å²) in [6, 6.07) is 20.5. The van der Waals surface area contributed by atoms with Gasteiger partial charge in [-0.1, -0.05) is 24.3 Å². The van der Waals surface area contributed by atoms with Gasteiger partial charge in [0.2, 0.25) is 0 Å². The number of ether oxygens (including phenoxy) is 1. The summed E-state index contributed by atoms with van der Waals surface area (Å²) in [5.41, 5.74) is 3.07. The van der Waals surface area contributed by atoms with Crippen LogP contribution in [0.2, 0.25) is 0 Å². The maximum Gasteiger partial charge on any atom is 0.263 e. The lowest BCUT2D eigenvalue weighted by Crippen LogP contribution is -2.28. The van der Waals surface area contributed by atoms with E-state index in [0.29, 0.717) is 17.7 Å². The molecule has 1 N–H and O–H groups in total. The van der Waals surface area contributed by atoms with Gasteiger partial charge in [0.1, 0.15) is 5.75 Å². The van der Waals surface area contributed by atoms with Crippen LogP contribution in [0.15, 0.2) is 83.9 Å². The van der Waals surface area contributed by atoms with E-state index in [-0.39, 0.29) is 18.1 Å². The molecule has 4 aromatic heterocycles. The minimum atomic E-state index is -0.238. The third-order valence-corrected chi connectivity index (χ3v) is 5.83. The number of carbonyl (C=O) groups excluding carboxylic acids is 1. The lowest BCUT2D eigenvalue weighted by Gasteiger charge is -2.07. The van der Waals surface area contributed by atoms with Crippen molar-refractivity contribution in [2.45, 2.75) is 6.54 Å². The Hall–Kier alpha value is -4.52. The number of pyridine rings is 3. The van der Waals surface area contributed by atoms with Crippen molar-refractivity contribution in [3.63, 3.8) is 0 Å². The molecule has 0 bridgehead atoms. The summed E-state index contributed by atoms with van der Waals surface area (Å²) in [5, 5.41) is 6.06. The number of benzene rings is 2. The van der Waals surface area contributed by atoms with Crippen molar-refractivity contribution in [3.05, 3.63) is 95.2 Å². The zero-order valence-electron chi connectivity index (χ0n) is 17.5. The van der Waals surface area contributed by atoms with Crippen LogP contribution in [0.3, 0.4) is 0 Å². The molecule has 6 aromatic rings. The first-order valence-corrected chi connectivity index (χ1v) is 10.6. The zero-order valence-corrected chi connectivity index (χ0v) is 17.5. The number of nitrogens with zero attached hydrogens (tertiary/aromatic N) is 3. The fraction of sp³-hybridized carbons (Fsp3) is 0.0769. The lowest BCUT2D eigenvalue weighted by molar-refractivity contribution is -0.123. The fourth-order valence-corrected chi connectivity index (χ4v) is 4.33. The van der Waals surface area contributed by atoms with Gasteiger partial charge in [0, 0.05) is 33.9 Å². The first-order valence-electron chi connectivity index (χ1n) is 10.6. The molecule has 6 rings (SSSR count). The molecule has 0 aliphatic heterocycles. The Morgan fingerprint density at radius 2 is 1.73 bits per heavy atom. The normalized spacial score (nSPS) is 11.5. The number of nitrogens with one attached hydrogen (secondary N) is 1. The first-order chi connectivity index (χ1) is 16.2. The molecule has 2 aromatic carbocycles. The van der Waals surface area contributed by atoms with Gasteiger partial charge in [-0.25, -0.2) is 0 Å². The van der Waals surface area contributed by atoms with Crippen molar-refractivity contribution in [2.75, 3.05) is 6.61 Å². The highest BCUT2D eigenvalue weighted by atomic mass is 16.5. The summed E-state index contributed by atoms with van der Waals surface area (Å²) in [5.74, 6) is 0.315. The molecule has 0 unspecified atom stereocenters. The topological polar surface area (TPSA) is 85.6 Å². The first kappa shape index (κ1) is 19.2. The van der Waals surface area contributed by atoms with Crippen LogP contribution in [0.1, 0.15) is 5.69 Å². The SMILES string of the molecule is O=C(COc1ccc2c(c1)c1ccnc3c4ccccc4c(=O)n2c13)NCc1ccccn1. The van der Waals surface area contributed by atoms with E-state index >= 15 is 0 Å². The molecule has 0 saturated heterocycles. The van der Waals surface area contributed by atoms with Gasteiger partial charge < -0.3 is 10.1 Å². The predicted octanol–water partition coefficient (Wildman–Crippen LogP) is 3.68. The highest BCUT2D eigenvalue weighted by Crippen LogP contribution is 2.34. The van der Waals surface area contributed by atoms with Crippen molar-refractivity contribution in [1.82, 2.24) is 19.7 Å². The summed E-state index contributed by atoms with van der Waals surface area (Å²) in [7, 11) is 0. The van der Waals surface area contributed by atoms with Crippen molar-refractivity contribution in [3.8, 4) is 5.75 Å². The van der Waals surface area contributed by atoms with Crippen molar-refractivity contribution in [2.24, 2.45) is 0 Å². The van der Waals surface area contributed by atoms with Crippen molar-refractivity contribution >= 4 is 44.0 Å². The quantitative estimate of drug-likeness (QED) is 0.419. The highest BCUT2D eigenvalue weighted by molar-refractivity contribution is 6.18. The average molecular weight is 434 g/mol. The maximum absolute atomic E-state index is 13.3. The Bertz CT molecular complexity index is 1710. The molecule has 0 spiro atoms. The van der Waals surface area contributed by atoms with Gasteiger partial charge in [0.15, 0.2) is 6.61 Å². The van der Waals surface area contributed by atoms with Gasteiger partial charge in [-0.2, -0.15) is 0 Å². The molecule has 4 heterocycles. The summed E-state index contributed by atoms with van der Waals surface area (Å²) in [6.07, 6.45) is 3.44. The van der Waals surface area contributed by atoms with Gasteiger partial charge >= 0.3 is 0 Å². The predicted molar refractivity (Wildman–Crippen MR) is 127 cm³/mol. The average Bonchev–Trinajstić information content (AvgIpc) is 3.20. The molecule has 160 valence electrons. The smallest absolute Gasteiger partial charge is 0.263 e. The number of fused-ring (bicyclic) bond motifs is 5. The van der Waals surface area contributed by atoms with E-state index in [9.17, 15) is 9.59 Å². The summed E-state index contributed by atoms with van der Waals surface area (Å²) in [4.78, 5) is 34.3. The Kier molecular flexibility index (Phi) is 4.40. The van der Waals surface area contributed by atoms with Crippen LogP contribution < -0.4 is 15.6 Å². The van der Waals surface area contributed by atoms with E-state index < -0.39 is 0 Å². The monoisotopic (exact) mass is 434 g/mol. The third kappa shape index (κ3) is 3.13. The van der Waals surface area contributed by atoms with Crippen LogP contribution >= 0.6 is 0 Å². The van der Waals surface area contributed by atoms with Crippen molar-refractivity contribution < 1.29 is 9.53 Å². The van der Waals surface area contributed by atoms with E-state index in [1.807, 2.05) is 60.7 Å². The van der Waals surface area contributed by atoms with Crippen LogP contribution in [0.25, 0.3) is 38.1 Å². The van der Waals surface area contributed by atoms with Crippen LogP contribution in [0.4, 0.5) is 0 Å². The molecule has 1 amide bonds. The summed E-state index contributed by atoms with van der Waals surface area (Å²) >= 11 is 0. The number of amides is 1. The van der Waals surface area contributed by atoms with Gasteiger partial charge in [0.25, 0.3) is 11.5 Å². The van der Waals surface area contributed by atoms with Crippen LogP contribution in [0.5, 0.6) is 5.75 Å². The standard InChI is InChI=1S/C26H18N4O3/c31-23(29-14-16-5-3-4-11-27-16)15-33-17-8-9-22-21(13-17)19-10-12-28-24-18-6-1-2-7-20(18)26(32)30(22)25(19)24/h1-13H,14-15H2,(H,29,31). The number of carbonyl (C=O) groups is 1. The molecule has 0 aliphatic rings. The maximum atomic E-state index is 13.3. The Morgan fingerprint density at radius 3 is 2.58 bits per heavy atom. The van der Waals surface area contributed by atoms with Crippen LogP contribution in [0, 0.1) is 0 Å².